The zero-order valence-corrected chi connectivity index (χ0v) is 8.01. The number of fused-ring (bicyclic) bond motifs is 2. The quantitative estimate of drug-likeness (QED) is 0.770. The number of carboxylic acids is 1. The molecule has 2 aromatic rings. The van der Waals surface area contributed by atoms with Gasteiger partial charge in [0.1, 0.15) is 0 Å². The van der Waals surface area contributed by atoms with E-state index in [2.05, 4.69) is 10.2 Å². The molecule has 0 spiro atoms. The van der Waals surface area contributed by atoms with Gasteiger partial charge in [0.05, 0.1) is 17.3 Å². The first-order valence-electron chi connectivity index (χ1n) is 4.54. The molecule has 1 N–H and O–H groups in total. The fourth-order valence-electron chi connectivity index (χ4n) is 1.62. The molecule has 0 saturated heterocycles. The average Bonchev–Trinajstić information content (AvgIpc) is 2.71. The number of benzene rings is 1. The third-order valence-corrected chi connectivity index (χ3v) is 2.36. The average molecular weight is 218 g/mol. The van der Waals surface area contributed by atoms with E-state index in [-0.39, 0.29) is 12.4 Å². The number of hydrogen-bond acceptors (Lipinski definition) is 5. The summed E-state index contributed by atoms with van der Waals surface area (Å²) >= 11 is 0. The Labute approximate surface area is 89.4 Å². The highest BCUT2D eigenvalue weighted by atomic mass is 16.7. The fraction of sp³-hybridized carbons (Fsp3) is 0.100. The standard InChI is InChI=1S/C10H6N2O4/c13-10(14)6-3-11-12-7-2-9-8(1-5(6)7)15-4-16-9/h1-3H,4H2,(H,13,14). The van der Waals surface area contributed by atoms with Crippen LogP contribution in [0.15, 0.2) is 18.3 Å². The maximum Gasteiger partial charge on any atom is 0.338 e. The zero-order chi connectivity index (χ0) is 11.1. The van der Waals surface area contributed by atoms with E-state index in [1.54, 1.807) is 12.1 Å². The Morgan fingerprint density at radius 3 is 2.81 bits per heavy atom. The van der Waals surface area contributed by atoms with Crippen LogP contribution in [0.1, 0.15) is 10.4 Å². The van der Waals surface area contributed by atoms with E-state index in [0.29, 0.717) is 22.4 Å². The van der Waals surface area contributed by atoms with Crippen LogP contribution < -0.4 is 9.47 Å². The van der Waals surface area contributed by atoms with E-state index in [0.717, 1.165) is 0 Å². The lowest BCUT2D eigenvalue weighted by molar-refractivity contribution is 0.0698. The lowest BCUT2D eigenvalue weighted by Gasteiger charge is -2.02. The molecule has 6 nitrogen and oxygen atoms in total. The Kier molecular flexibility index (Phi) is 1.70. The predicted molar refractivity (Wildman–Crippen MR) is 52.6 cm³/mol. The molecule has 0 fully saturated rings. The number of nitrogens with zero attached hydrogens (tertiary/aromatic N) is 2. The molecule has 1 aromatic heterocycles. The first-order valence-corrected chi connectivity index (χ1v) is 4.54. The molecule has 0 amide bonds. The van der Waals surface area contributed by atoms with E-state index < -0.39 is 5.97 Å². The van der Waals surface area contributed by atoms with Crippen molar-refractivity contribution in [3.63, 3.8) is 0 Å². The molecule has 0 aliphatic carbocycles. The molecule has 16 heavy (non-hydrogen) atoms. The largest absolute Gasteiger partial charge is 0.478 e. The molecule has 0 atom stereocenters. The molecular weight excluding hydrogens is 212 g/mol. The van der Waals surface area contributed by atoms with E-state index in [9.17, 15) is 4.79 Å². The topological polar surface area (TPSA) is 81.5 Å². The van der Waals surface area contributed by atoms with Crippen molar-refractivity contribution < 1.29 is 19.4 Å². The summed E-state index contributed by atoms with van der Waals surface area (Å²) < 4.78 is 10.3. The minimum Gasteiger partial charge on any atom is -0.478 e. The van der Waals surface area contributed by atoms with Crippen LogP contribution in [0, 0.1) is 0 Å². The maximum absolute atomic E-state index is 11.0. The van der Waals surface area contributed by atoms with Crippen LogP contribution in [-0.4, -0.2) is 28.1 Å². The number of carboxylic acid groups (broad SMARTS) is 1. The second-order valence-electron chi connectivity index (χ2n) is 3.29. The highest BCUT2D eigenvalue weighted by Crippen LogP contribution is 2.36. The fourth-order valence-corrected chi connectivity index (χ4v) is 1.62. The molecule has 6 heteroatoms. The second kappa shape index (κ2) is 3.06. The smallest absolute Gasteiger partial charge is 0.338 e. The molecule has 1 aliphatic heterocycles. The van der Waals surface area contributed by atoms with Gasteiger partial charge >= 0.3 is 5.97 Å². The summed E-state index contributed by atoms with van der Waals surface area (Å²) in [7, 11) is 0. The monoisotopic (exact) mass is 218 g/mol. The van der Waals surface area contributed by atoms with Crippen LogP contribution >= 0.6 is 0 Å². The number of hydrogen-bond donors (Lipinski definition) is 1. The van der Waals surface area contributed by atoms with Crippen molar-refractivity contribution in [2.75, 3.05) is 6.79 Å². The van der Waals surface area contributed by atoms with Gasteiger partial charge in [-0.1, -0.05) is 0 Å². The summed E-state index contributed by atoms with van der Waals surface area (Å²) in [5, 5.41) is 17.0. The summed E-state index contributed by atoms with van der Waals surface area (Å²) in [6.45, 7) is 0.140. The third-order valence-electron chi connectivity index (χ3n) is 2.36. The molecule has 2 heterocycles. The van der Waals surface area contributed by atoms with E-state index >= 15 is 0 Å². The van der Waals surface area contributed by atoms with Crippen LogP contribution in [0.5, 0.6) is 11.5 Å². The van der Waals surface area contributed by atoms with Crippen molar-refractivity contribution in [2.45, 2.75) is 0 Å². The zero-order valence-electron chi connectivity index (χ0n) is 8.01. The molecule has 80 valence electrons. The van der Waals surface area contributed by atoms with Crippen molar-refractivity contribution >= 4 is 16.9 Å². The molecule has 0 bridgehead atoms. The van der Waals surface area contributed by atoms with Crippen LogP contribution in [0.4, 0.5) is 0 Å². The Morgan fingerprint density at radius 2 is 2.06 bits per heavy atom. The van der Waals surface area contributed by atoms with Crippen LogP contribution in [0.2, 0.25) is 0 Å². The van der Waals surface area contributed by atoms with E-state index in [4.69, 9.17) is 14.6 Å². The predicted octanol–water partition coefficient (Wildman–Crippen LogP) is 1.06. The summed E-state index contributed by atoms with van der Waals surface area (Å²) in [5.41, 5.74) is 0.576. The highest BCUT2D eigenvalue weighted by molar-refractivity contribution is 6.02. The summed E-state index contributed by atoms with van der Waals surface area (Å²) in [5.74, 6) is 0.0473. The van der Waals surface area contributed by atoms with Crippen molar-refractivity contribution in [3.05, 3.63) is 23.9 Å². The SMILES string of the molecule is O=C(O)c1cnnc2cc3c(cc12)OCO3. The van der Waals surface area contributed by atoms with E-state index in [1.807, 2.05) is 0 Å². The molecule has 0 saturated carbocycles. The molecule has 1 aromatic carbocycles. The summed E-state index contributed by atoms with van der Waals surface area (Å²) in [6, 6.07) is 3.23. The van der Waals surface area contributed by atoms with Gasteiger partial charge < -0.3 is 14.6 Å². The Bertz CT molecular complexity index is 597. The summed E-state index contributed by atoms with van der Waals surface area (Å²) in [6.07, 6.45) is 1.22. The van der Waals surface area contributed by atoms with Crippen LogP contribution in [0.3, 0.4) is 0 Å². The van der Waals surface area contributed by atoms with Gasteiger partial charge in [0.25, 0.3) is 0 Å². The van der Waals surface area contributed by atoms with Crippen molar-refractivity contribution in [1.82, 2.24) is 10.2 Å². The summed E-state index contributed by atoms with van der Waals surface area (Å²) in [4.78, 5) is 11.0. The Hall–Kier alpha value is -2.37. The molecular formula is C10H6N2O4. The second-order valence-corrected chi connectivity index (χ2v) is 3.29. The molecule has 3 rings (SSSR count). The van der Waals surface area contributed by atoms with E-state index in [1.165, 1.54) is 6.20 Å². The Balaban J connectivity index is 2.35. The minimum absolute atomic E-state index is 0.100. The van der Waals surface area contributed by atoms with Gasteiger partial charge in [-0.15, -0.1) is 0 Å². The van der Waals surface area contributed by atoms with Gasteiger partial charge in [-0.05, 0) is 6.07 Å². The normalized spacial score (nSPS) is 13.0. The Morgan fingerprint density at radius 1 is 1.31 bits per heavy atom. The van der Waals surface area contributed by atoms with Crippen molar-refractivity contribution in [3.8, 4) is 11.5 Å². The van der Waals surface area contributed by atoms with Gasteiger partial charge in [0.2, 0.25) is 6.79 Å². The van der Waals surface area contributed by atoms with Crippen LogP contribution in [0.25, 0.3) is 10.9 Å². The van der Waals surface area contributed by atoms with Gasteiger partial charge in [0, 0.05) is 11.5 Å². The van der Waals surface area contributed by atoms with Crippen molar-refractivity contribution in [1.29, 1.82) is 0 Å². The maximum atomic E-state index is 11.0. The van der Waals surface area contributed by atoms with Gasteiger partial charge in [-0.25, -0.2) is 4.79 Å². The number of carbonyl (C=O) groups is 1. The first kappa shape index (κ1) is 8.90. The van der Waals surface area contributed by atoms with Crippen molar-refractivity contribution in [2.24, 2.45) is 0 Å². The number of ether oxygens (including phenoxy) is 2. The van der Waals surface area contributed by atoms with Crippen LogP contribution in [-0.2, 0) is 0 Å². The molecule has 0 radical (unpaired) electrons. The molecule has 0 unspecified atom stereocenters. The number of aromatic nitrogens is 2. The number of rotatable bonds is 1. The lowest BCUT2D eigenvalue weighted by atomic mass is 10.1. The highest BCUT2D eigenvalue weighted by Gasteiger charge is 2.18. The number of aromatic carboxylic acids is 1. The molecule has 1 aliphatic rings. The van der Waals surface area contributed by atoms with Gasteiger partial charge in [-0.2, -0.15) is 10.2 Å². The first-order chi connectivity index (χ1) is 7.75. The van der Waals surface area contributed by atoms with Gasteiger partial charge in [-0.3, -0.25) is 0 Å². The minimum atomic E-state index is -1.04. The lowest BCUT2D eigenvalue weighted by Crippen LogP contribution is -2.00. The third kappa shape index (κ3) is 1.16. The van der Waals surface area contributed by atoms with Gasteiger partial charge in [0.15, 0.2) is 11.5 Å².